The third-order valence-electron chi connectivity index (χ3n) is 3.70. The van der Waals surface area contributed by atoms with Crippen LogP contribution in [0.25, 0.3) is 0 Å². The van der Waals surface area contributed by atoms with E-state index in [2.05, 4.69) is 30.2 Å². The monoisotopic (exact) mass is 248 g/mol. The molecule has 1 aliphatic rings. The van der Waals surface area contributed by atoms with Crippen molar-refractivity contribution in [3.05, 3.63) is 24.0 Å². The summed E-state index contributed by atoms with van der Waals surface area (Å²) in [6, 6.07) is 2.58. The van der Waals surface area contributed by atoms with Gasteiger partial charge in [-0.2, -0.15) is 0 Å². The molecule has 1 aliphatic heterocycles. The number of pyridine rings is 1. The first-order valence-electron chi connectivity index (χ1n) is 7.14. The number of hydrogen-bond acceptors (Lipinski definition) is 3. The lowest BCUT2D eigenvalue weighted by atomic mass is 9.88. The average molecular weight is 248 g/mol. The second-order valence-electron chi connectivity index (χ2n) is 5.11. The molecule has 0 aliphatic carbocycles. The summed E-state index contributed by atoms with van der Waals surface area (Å²) in [6.45, 7) is 6.28. The largest absolute Gasteiger partial charge is 0.492 e. The Morgan fingerprint density at radius 3 is 3.06 bits per heavy atom. The minimum Gasteiger partial charge on any atom is -0.492 e. The van der Waals surface area contributed by atoms with Gasteiger partial charge in [-0.05, 0) is 43.4 Å². The van der Waals surface area contributed by atoms with Crippen LogP contribution in [0.2, 0.25) is 0 Å². The van der Waals surface area contributed by atoms with E-state index in [9.17, 15) is 0 Å². The molecule has 1 fully saturated rings. The maximum Gasteiger partial charge on any atom is 0.137 e. The van der Waals surface area contributed by atoms with E-state index < -0.39 is 0 Å². The predicted molar refractivity (Wildman–Crippen MR) is 73.8 cm³/mol. The standard InChI is InChI=1S/C15H24N2O/c1-3-7-18-14-9-13(10-16-11-14)15-8-12(4-2)5-6-17-15/h9-12,15,17H,3-8H2,1-2H3. The van der Waals surface area contributed by atoms with Gasteiger partial charge in [-0.25, -0.2) is 0 Å². The molecule has 1 aromatic rings. The van der Waals surface area contributed by atoms with Crippen molar-refractivity contribution in [3.63, 3.8) is 0 Å². The summed E-state index contributed by atoms with van der Waals surface area (Å²) in [5.41, 5.74) is 1.27. The van der Waals surface area contributed by atoms with Crippen LogP contribution >= 0.6 is 0 Å². The summed E-state index contributed by atoms with van der Waals surface area (Å²) in [4.78, 5) is 4.30. The Labute approximate surface area is 110 Å². The van der Waals surface area contributed by atoms with E-state index >= 15 is 0 Å². The van der Waals surface area contributed by atoms with E-state index in [1.165, 1.54) is 24.8 Å². The van der Waals surface area contributed by atoms with E-state index in [0.717, 1.165) is 31.2 Å². The van der Waals surface area contributed by atoms with Crippen LogP contribution in [-0.4, -0.2) is 18.1 Å². The number of nitrogens with one attached hydrogen (secondary N) is 1. The minimum atomic E-state index is 0.446. The normalized spacial score (nSPS) is 23.9. The van der Waals surface area contributed by atoms with Crippen molar-refractivity contribution in [2.24, 2.45) is 5.92 Å². The van der Waals surface area contributed by atoms with Gasteiger partial charge in [-0.3, -0.25) is 4.98 Å². The fraction of sp³-hybridized carbons (Fsp3) is 0.667. The summed E-state index contributed by atoms with van der Waals surface area (Å²) in [5, 5.41) is 3.59. The van der Waals surface area contributed by atoms with Crippen molar-refractivity contribution in [2.45, 2.75) is 45.6 Å². The van der Waals surface area contributed by atoms with Crippen LogP contribution < -0.4 is 10.1 Å². The van der Waals surface area contributed by atoms with Gasteiger partial charge in [0.1, 0.15) is 5.75 Å². The fourth-order valence-corrected chi connectivity index (χ4v) is 2.55. The Bertz CT molecular complexity index is 367. The van der Waals surface area contributed by atoms with Crippen LogP contribution in [0.15, 0.2) is 18.5 Å². The molecule has 0 amide bonds. The summed E-state index contributed by atoms with van der Waals surface area (Å²) >= 11 is 0. The molecule has 0 spiro atoms. The zero-order valence-corrected chi connectivity index (χ0v) is 11.5. The summed E-state index contributed by atoms with van der Waals surface area (Å²) in [7, 11) is 0. The molecular weight excluding hydrogens is 224 g/mol. The summed E-state index contributed by atoms with van der Waals surface area (Å²) in [6.07, 6.45) is 8.59. The number of ether oxygens (including phenoxy) is 1. The van der Waals surface area contributed by atoms with Crippen LogP contribution in [0.3, 0.4) is 0 Å². The Morgan fingerprint density at radius 1 is 1.39 bits per heavy atom. The molecule has 2 rings (SSSR count). The second kappa shape index (κ2) is 6.74. The van der Waals surface area contributed by atoms with E-state index in [1.807, 2.05) is 6.20 Å². The lowest BCUT2D eigenvalue weighted by Gasteiger charge is -2.30. The highest BCUT2D eigenvalue weighted by atomic mass is 16.5. The average Bonchev–Trinajstić information content (AvgIpc) is 2.45. The van der Waals surface area contributed by atoms with Gasteiger partial charge >= 0.3 is 0 Å². The predicted octanol–water partition coefficient (Wildman–Crippen LogP) is 3.32. The first-order chi connectivity index (χ1) is 8.83. The SMILES string of the molecule is CCCOc1cncc(C2CC(CC)CCN2)c1. The van der Waals surface area contributed by atoms with Crippen molar-refractivity contribution >= 4 is 0 Å². The van der Waals surface area contributed by atoms with Gasteiger partial charge in [0.15, 0.2) is 0 Å². The lowest BCUT2D eigenvalue weighted by molar-refractivity contribution is 0.294. The zero-order chi connectivity index (χ0) is 12.8. The van der Waals surface area contributed by atoms with Crippen molar-refractivity contribution in [3.8, 4) is 5.75 Å². The summed E-state index contributed by atoms with van der Waals surface area (Å²) < 4.78 is 5.65. The van der Waals surface area contributed by atoms with E-state index in [4.69, 9.17) is 4.74 Å². The highest BCUT2D eigenvalue weighted by Crippen LogP contribution is 2.29. The summed E-state index contributed by atoms with van der Waals surface area (Å²) in [5.74, 6) is 1.74. The molecule has 3 nitrogen and oxygen atoms in total. The smallest absolute Gasteiger partial charge is 0.137 e. The maximum absolute atomic E-state index is 5.65. The zero-order valence-electron chi connectivity index (χ0n) is 11.5. The highest BCUT2D eigenvalue weighted by molar-refractivity contribution is 5.26. The van der Waals surface area contributed by atoms with Gasteiger partial charge in [0.2, 0.25) is 0 Å². The minimum absolute atomic E-state index is 0.446. The van der Waals surface area contributed by atoms with Crippen LogP contribution in [0, 0.1) is 5.92 Å². The van der Waals surface area contributed by atoms with E-state index in [-0.39, 0.29) is 0 Å². The molecule has 2 atom stereocenters. The van der Waals surface area contributed by atoms with Gasteiger partial charge < -0.3 is 10.1 Å². The molecule has 0 bridgehead atoms. The first-order valence-corrected chi connectivity index (χ1v) is 7.14. The number of aromatic nitrogens is 1. The molecule has 1 saturated heterocycles. The third-order valence-corrected chi connectivity index (χ3v) is 3.70. The Morgan fingerprint density at radius 2 is 2.28 bits per heavy atom. The van der Waals surface area contributed by atoms with Gasteiger partial charge in [-0.1, -0.05) is 20.3 Å². The molecule has 18 heavy (non-hydrogen) atoms. The molecule has 3 heteroatoms. The van der Waals surface area contributed by atoms with E-state index in [1.54, 1.807) is 6.20 Å². The molecule has 100 valence electrons. The Hall–Kier alpha value is -1.09. The van der Waals surface area contributed by atoms with Crippen LogP contribution in [0.1, 0.15) is 51.1 Å². The van der Waals surface area contributed by atoms with Crippen molar-refractivity contribution < 1.29 is 4.74 Å². The lowest BCUT2D eigenvalue weighted by Crippen LogP contribution is -2.31. The van der Waals surface area contributed by atoms with Crippen LogP contribution in [0.4, 0.5) is 0 Å². The first kappa shape index (κ1) is 13.3. The number of piperidine rings is 1. The van der Waals surface area contributed by atoms with Crippen molar-refractivity contribution in [2.75, 3.05) is 13.2 Å². The molecule has 1 aromatic heterocycles. The molecule has 0 saturated carbocycles. The molecule has 0 radical (unpaired) electrons. The molecular formula is C15H24N2O. The molecule has 1 N–H and O–H groups in total. The quantitative estimate of drug-likeness (QED) is 0.868. The highest BCUT2D eigenvalue weighted by Gasteiger charge is 2.21. The Kier molecular flexibility index (Phi) is 5.00. The Balaban J connectivity index is 2.02. The molecule has 2 heterocycles. The van der Waals surface area contributed by atoms with Gasteiger partial charge in [0.05, 0.1) is 12.8 Å². The number of rotatable bonds is 5. The topological polar surface area (TPSA) is 34.1 Å². The molecule has 2 unspecified atom stereocenters. The van der Waals surface area contributed by atoms with Gasteiger partial charge in [0.25, 0.3) is 0 Å². The third kappa shape index (κ3) is 3.45. The van der Waals surface area contributed by atoms with Crippen LogP contribution in [0.5, 0.6) is 5.75 Å². The van der Waals surface area contributed by atoms with Crippen LogP contribution in [-0.2, 0) is 0 Å². The van der Waals surface area contributed by atoms with E-state index in [0.29, 0.717) is 6.04 Å². The van der Waals surface area contributed by atoms with Crippen molar-refractivity contribution in [1.29, 1.82) is 0 Å². The van der Waals surface area contributed by atoms with Crippen molar-refractivity contribution in [1.82, 2.24) is 10.3 Å². The second-order valence-corrected chi connectivity index (χ2v) is 5.11. The number of hydrogen-bond donors (Lipinski definition) is 1. The fourth-order valence-electron chi connectivity index (χ4n) is 2.55. The van der Waals surface area contributed by atoms with Gasteiger partial charge in [-0.15, -0.1) is 0 Å². The maximum atomic E-state index is 5.65. The number of nitrogens with zero attached hydrogens (tertiary/aromatic N) is 1. The van der Waals surface area contributed by atoms with Gasteiger partial charge in [0, 0.05) is 12.2 Å². The molecule has 0 aromatic carbocycles.